The first-order valence-electron chi connectivity index (χ1n) is 6.47. The molecule has 0 aliphatic carbocycles. The molecule has 0 saturated carbocycles. The first-order valence-corrected chi connectivity index (χ1v) is 10.1. The Kier molecular flexibility index (Phi) is 4.93. The lowest BCUT2D eigenvalue weighted by atomic mass is 10.2. The third kappa shape index (κ3) is 4.33. The predicted molar refractivity (Wildman–Crippen MR) is 86.9 cm³/mol. The summed E-state index contributed by atoms with van der Waals surface area (Å²) in [6.07, 6.45) is 2.84. The number of hydrogen-bond acceptors (Lipinski definition) is 3. The van der Waals surface area contributed by atoms with Crippen LogP contribution in [0.15, 0.2) is 40.7 Å². The molecule has 0 spiro atoms. The van der Waals surface area contributed by atoms with Crippen molar-refractivity contribution in [1.29, 1.82) is 0 Å². The highest BCUT2D eigenvalue weighted by Gasteiger charge is 2.05. The molecule has 0 aliphatic heterocycles. The molecule has 2 nitrogen and oxygen atoms in total. The van der Waals surface area contributed by atoms with Gasteiger partial charge in [-0.05, 0) is 49.2 Å². The molecule has 100 valence electrons. The number of aliphatic imine (C=N–C) groups is 1. The molecule has 2 rings (SSSR count). The largest absolute Gasteiger partial charge is 0.546 e. The van der Waals surface area contributed by atoms with E-state index in [9.17, 15) is 0 Å². The Bertz CT molecular complexity index is 549. The molecule has 0 unspecified atom stereocenters. The van der Waals surface area contributed by atoms with Crippen molar-refractivity contribution in [2.75, 3.05) is 0 Å². The van der Waals surface area contributed by atoms with Crippen LogP contribution in [0.2, 0.25) is 13.1 Å². The first-order chi connectivity index (χ1) is 9.15. The molecule has 0 N–H and O–H groups in total. The maximum absolute atomic E-state index is 5.94. The van der Waals surface area contributed by atoms with Crippen molar-refractivity contribution < 1.29 is 4.43 Å². The van der Waals surface area contributed by atoms with Crippen LogP contribution in [0.5, 0.6) is 5.75 Å². The van der Waals surface area contributed by atoms with Crippen molar-refractivity contribution in [3.8, 4) is 5.75 Å². The SMILES string of the molecule is Cc1ccc(N=CCc2cccs2)c(O[SiH](C)C)c1. The highest BCUT2D eigenvalue weighted by atomic mass is 32.1. The molecular formula is C15H19NOSSi. The Morgan fingerprint density at radius 1 is 1.32 bits per heavy atom. The van der Waals surface area contributed by atoms with Gasteiger partial charge in [0.2, 0.25) is 9.04 Å². The van der Waals surface area contributed by atoms with E-state index in [-0.39, 0.29) is 0 Å². The van der Waals surface area contributed by atoms with Crippen molar-refractivity contribution >= 4 is 32.3 Å². The van der Waals surface area contributed by atoms with Gasteiger partial charge in [-0.15, -0.1) is 11.3 Å². The van der Waals surface area contributed by atoms with Crippen molar-refractivity contribution in [2.24, 2.45) is 4.99 Å². The number of thiophene rings is 1. The number of benzene rings is 1. The fraction of sp³-hybridized carbons (Fsp3) is 0.267. The van der Waals surface area contributed by atoms with Gasteiger partial charge in [-0.25, -0.2) is 0 Å². The molecule has 0 bridgehead atoms. The molecule has 1 heterocycles. The molecule has 19 heavy (non-hydrogen) atoms. The molecule has 0 amide bonds. The van der Waals surface area contributed by atoms with E-state index in [1.165, 1.54) is 10.4 Å². The summed E-state index contributed by atoms with van der Waals surface area (Å²) in [6.45, 7) is 6.41. The topological polar surface area (TPSA) is 21.6 Å². The monoisotopic (exact) mass is 289 g/mol. The van der Waals surface area contributed by atoms with E-state index in [4.69, 9.17) is 4.43 Å². The van der Waals surface area contributed by atoms with Gasteiger partial charge in [0.1, 0.15) is 11.4 Å². The predicted octanol–water partition coefficient (Wildman–Crippen LogP) is 4.36. The van der Waals surface area contributed by atoms with Crippen LogP contribution in [-0.2, 0) is 6.42 Å². The Balaban J connectivity index is 2.12. The standard InChI is InChI=1S/C15H19NOSSi/c1-12-6-7-14(15(11-12)17-19(2)3)16-9-8-13-5-4-10-18-13/h4-7,9-11,19H,8H2,1-3H3. The number of hydrogen-bond donors (Lipinski definition) is 0. The van der Waals surface area contributed by atoms with E-state index in [1.807, 2.05) is 12.3 Å². The summed E-state index contributed by atoms with van der Waals surface area (Å²) < 4.78 is 5.94. The average molecular weight is 289 g/mol. The fourth-order valence-electron chi connectivity index (χ4n) is 1.74. The Hall–Kier alpha value is -1.39. The first kappa shape index (κ1) is 14.0. The van der Waals surface area contributed by atoms with Gasteiger partial charge in [-0.3, -0.25) is 4.99 Å². The summed E-state index contributed by atoms with van der Waals surface area (Å²) >= 11 is 1.76. The van der Waals surface area contributed by atoms with E-state index >= 15 is 0 Å². The van der Waals surface area contributed by atoms with E-state index in [0.29, 0.717) is 0 Å². The molecule has 0 aliphatic rings. The maximum atomic E-state index is 5.94. The third-order valence-corrected chi connectivity index (χ3v) is 4.20. The van der Waals surface area contributed by atoms with Crippen molar-refractivity contribution in [2.45, 2.75) is 26.4 Å². The summed E-state index contributed by atoms with van der Waals surface area (Å²) in [4.78, 5) is 5.88. The van der Waals surface area contributed by atoms with E-state index in [1.54, 1.807) is 11.3 Å². The number of aryl methyl sites for hydroxylation is 1. The lowest BCUT2D eigenvalue weighted by molar-refractivity contribution is 0.581. The van der Waals surface area contributed by atoms with Crippen LogP contribution in [-0.4, -0.2) is 15.3 Å². The zero-order chi connectivity index (χ0) is 13.7. The number of rotatable bonds is 5. The minimum Gasteiger partial charge on any atom is -0.546 e. The van der Waals surface area contributed by atoms with E-state index < -0.39 is 9.04 Å². The van der Waals surface area contributed by atoms with Crippen molar-refractivity contribution in [3.63, 3.8) is 0 Å². The van der Waals surface area contributed by atoms with Crippen LogP contribution >= 0.6 is 11.3 Å². The van der Waals surface area contributed by atoms with Crippen molar-refractivity contribution in [1.82, 2.24) is 0 Å². The Morgan fingerprint density at radius 3 is 2.84 bits per heavy atom. The van der Waals surface area contributed by atoms with Crippen LogP contribution in [0.3, 0.4) is 0 Å². The third-order valence-electron chi connectivity index (χ3n) is 2.58. The molecule has 0 radical (unpaired) electrons. The minimum absolute atomic E-state index is 0.879. The van der Waals surface area contributed by atoms with Gasteiger partial charge in [0.25, 0.3) is 0 Å². The summed E-state index contributed by atoms with van der Waals surface area (Å²) in [5.41, 5.74) is 2.14. The second-order valence-corrected chi connectivity index (χ2v) is 8.10. The average Bonchev–Trinajstić information content (AvgIpc) is 2.84. The summed E-state index contributed by atoms with van der Waals surface area (Å²) in [5.74, 6) is 0.920. The molecule has 2 aromatic rings. The fourth-order valence-corrected chi connectivity index (χ4v) is 3.10. The zero-order valence-electron chi connectivity index (χ0n) is 11.6. The molecule has 1 aromatic heterocycles. The normalized spacial score (nSPS) is 11.4. The molecule has 0 saturated heterocycles. The van der Waals surface area contributed by atoms with Gasteiger partial charge in [0.05, 0.1) is 0 Å². The molecule has 0 fully saturated rings. The van der Waals surface area contributed by atoms with Crippen molar-refractivity contribution in [3.05, 3.63) is 46.2 Å². The second-order valence-electron chi connectivity index (χ2n) is 4.73. The zero-order valence-corrected chi connectivity index (χ0v) is 13.6. The lowest BCUT2D eigenvalue weighted by Gasteiger charge is -2.12. The maximum Gasteiger partial charge on any atom is 0.229 e. The molecule has 4 heteroatoms. The van der Waals surface area contributed by atoms with Crippen LogP contribution in [0, 0.1) is 6.92 Å². The van der Waals surface area contributed by atoms with Crippen LogP contribution in [0.25, 0.3) is 0 Å². The van der Waals surface area contributed by atoms with Gasteiger partial charge >= 0.3 is 0 Å². The molecular weight excluding hydrogens is 270 g/mol. The van der Waals surface area contributed by atoms with Gasteiger partial charge < -0.3 is 4.43 Å². The van der Waals surface area contributed by atoms with Crippen LogP contribution < -0.4 is 4.43 Å². The van der Waals surface area contributed by atoms with Gasteiger partial charge in [0, 0.05) is 17.5 Å². The summed E-state index contributed by atoms with van der Waals surface area (Å²) in [5, 5.41) is 2.09. The summed E-state index contributed by atoms with van der Waals surface area (Å²) in [6, 6.07) is 10.4. The highest BCUT2D eigenvalue weighted by molar-refractivity contribution is 7.10. The summed E-state index contributed by atoms with van der Waals surface area (Å²) in [7, 11) is -1.10. The van der Waals surface area contributed by atoms with Crippen LogP contribution in [0.4, 0.5) is 5.69 Å². The molecule has 0 atom stereocenters. The Morgan fingerprint density at radius 2 is 2.16 bits per heavy atom. The second kappa shape index (κ2) is 6.68. The Labute approximate surface area is 120 Å². The van der Waals surface area contributed by atoms with E-state index in [2.05, 4.69) is 54.7 Å². The molecule has 1 aromatic carbocycles. The van der Waals surface area contributed by atoms with Crippen LogP contribution in [0.1, 0.15) is 10.4 Å². The van der Waals surface area contributed by atoms with Gasteiger partial charge in [-0.2, -0.15) is 0 Å². The highest BCUT2D eigenvalue weighted by Crippen LogP contribution is 2.29. The number of nitrogens with zero attached hydrogens (tertiary/aromatic N) is 1. The minimum atomic E-state index is -1.10. The van der Waals surface area contributed by atoms with Gasteiger partial charge in [-0.1, -0.05) is 12.1 Å². The smallest absolute Gasteiger partial charge is 0.229 e. The van der Waals surface area contributed by atoms with E-state index in [0.717, 1.165) is 17.9 Å². The van der Waals surface area contributed by atoms with Gasteiger partial charge in [0.15, 0.2) is 0 Å². The lowest BCUT2D eigenvalue weighted by Crippen LogP contribution is -2.11. The quantitative estimate of drug-likeness (QED) is 0.592.